The third-order valence-corrected chi connectivity index (χ3v) is 4.37. The van der Waals surface area contributed by atoms with Crippen molar-refractivity contribution < 1.29 is 9.32 Å². The van der Waals surface area contributed by atoms with Gasteiger partial charge in [0.25, 0.3) is 0 Å². The molecule has 0 aliphatic rings. The molecule has 0 aromatic carbocycles. The van der Waals surface area contributed by atoms with Crippen molar-refractivity contribution in [3.63, 3.8) is 0 Å². The molecule has 0 saturated carbocycles. The van der Waals surface area contributed by atoms with E-state index in [-0.39, 0.29) is 5.91 Å². The van der Waals surface area contributed by atoms with Gasteiger partial charge in [0.05, 0.1) is 5.69 Å². The van der Waals surface area contributed by atoms with Crippen molar-refractivity contribution in [2.45, 2.75) is 33.6 Å². The van der Waals surface area contributed by atoms with Gasteiger partial charge >= 0.3 is 0 Å². The Morgan fingerprint density at radius 3 is 2.41 bits per heavy atom. The van der Waals surface area contributed by atoms with E-state index in [9.17, 15) is 4.79 Å². The molecule has 3 N–H and O–H groups in total. The summed E-state index contributed by atoms with van der Waals surface area (Å²) in [5.41, 5.74) is 2.94. The maximum Gasteiger partial charge on any atom is 0.220 e. The Balaban J connectivity index is 1.36. The third-order valence-electron chi connectivity index (χ3n) is 4.37. The highest BCUT2D eigenvalue weighted by Crippen LogP contribution is 2.14. The van der Waals surface area contributed by atoms with E-state index < -0.39 is 0 Å². The van der Waals surface area contributed by atoms with Crippen LogP contribution in [0.4, 0.5) is 17.5 Å². The largest absolute Gasteiger partial charge is 0.367 e. The summed E-state index contributed by atoms with van der Waals surface area (Å²) in [4.78, 5) is 16.2. The molecule has 3 rings (SSSR count). The number of amides is 1. The van der Waals surface area contributed by atoms with Crippen LogP contribution in [0.3, 0.4) is 0 Å². The zero-order valence-electron chi connectivity index (χ0n) is 16.8. The molecule has 0 aliphatic heterocycles. The number of hydrogen-bond acceptors (Lipinski definition) is 8. The highest BCUT2D eigenvalue weighted by molar-refractivity contribution is 5.76. The minimum absolute atomic E-state index is 0.0111. The molecule has 0 unspecified atom stereocenters. The highest BCUT2D eigenvalue weighted by Gasteiger charge is 2.10. The summed E-state index contributed by atoms with van der Waals surface area (Å²) in [5, 5.41) is 21.2. The standard InChI is InChI=1S/C20H25N7O2/c1-13-4-6-17(23-12-13)24-19-8-7-18(25-26-19)21-10-11-22-20(28)9-5-16-14(2)27-29-15(16)3/h4,6-8,12H,5,9-11H2,1-3H3,(H,21,25)(H,22,28)(H,23,24,26). The molecule has 9 heteroatoms. The molecule has 3 aromatic heterocycles. The Morgan fingerprint density at radius 2 is 1.76 bits per heavy atom. The summed E-state index contributed by atoms with van der Waals surface area (Å²) in [6, 6.07) is 7.50. The predicted octanol–water partition coefficient (Wildman–Crippen LogP) is 2.69. The van der Waals surface area contributed by atoms with E-state index in [1.165, 1.54) is 0 Å². The molecule has 152 valence electrons. The summed E-state index contributed by atoms with van der Waals surface area (Å²) in [6.45, 7) is 6.77. The quantitative estimate of drug-likeness (QED) is 0.473. The van der Waals surface area contributed by atoms with E-state index >= 15 is 0 Å². The van der Waals surface area contributed by atoms with Crippen LogP contribution < -0.4 is 16.0 Å². The van der Waals surface area contributed by atoms with Crippen LogP contribution in [0.1, 0.15) is 29.0 Å². The maximum atomic E-state index is 12.0. The van der Waals surface area contributed by atoms with Gasteiger partial charge in [-0.1, -0.05) is 11.2 Å². The highest BCUT2D eigenvalue weighted by atomic mass is 16.5. The topological polar surface area (TPSA) is 118 Å². The number of nitrogens with zero attached hydrogens (tertiary/aromatic N) is 4. The molecular formula is C20H25N7O2. The molecule has 0 saturated heterocycles. The van der Waals surface area contributed by atoms with E-state index in [0.717, 1.165) is 22.6 Å². The van der Waals surface area contributed by atoms with Crippen LogP contribution in [0.25, 0.3) is 0 Å². The van der Waals surface area contributed by atoms with E-state index in [1.807, 2.05) is 45.0 Å². The molecule has 3 heterocycles. The van der Waals surface area contributed by atoms with Gasteiger partial charge in [-0.15, -0.1) is 10.2 Å². The van der Waals surface area contributed by atoms with E-state index in [2.05, 4.69) is 36.3 Å². The van der Waals surface area contributed by atoms with Gasteiger partial charge in [0.15, 0.2) is 5.82 Å². The smallest absolute Gasteiger partial charge is 0.220 e. The van der Waals surface area contributed by atoms with Crippen molar-refractivity contribution in [3.8, 4) is 0 Å². The van der Waals surface area contributed by atoms with Gasteiger partial charge in [0.1, 0.15) is 17.4 Å². The number of aromatic nitrogens is 4. The van der Waals surface area contributed by atoms with Gasteiger partial charge in [0.2, 0.25) is 5.91 Å². The van der Waals surface area contributed by atoms with E-state index in [0.29, 0.717) is 43.4 Å². The summed E-state index contributed by atoms with van der Waals surface area (Å²) in [6.07, 6.45) is 2.81. The predicted molar refractivity (Wildman–Crippen MR) is 110 cm³/mol. The van der Waals surface area contributed by atoms with Crippen molar-refractivity contribution in [1.82, 2.24) is 25.7 Å². The summed E-state index contributed by atoms with van der Waals surface area (Å²) < 4.78 is 5.11. The third kappa shape index (κ3) is 6.00. The van der Waals surface area contributed by atoms with E-state index in [4.69, 9.17) is 4.52 Å². The van der Waals surface area contributed by atoms with Crippen molar-refractivity contribution in [2.24, 2.45) is 0 Å². The van der Waals surface area contributed by atoms with Crippen molar-refractivity contribution in [3.05, 3.63) is 53.0 Å². The molecule has 0 atom stereocenters. The first-order chi connectivity index (χ1) is 14.0. The first-order valence-corrected chi connectivity index (χ1v) is 9.47. The fraction of sp³-hybridized carbons (Fsp3) is 0.350. The molecule has 0 spiro atoms. The van der Waals surface area contributed by atoms with Crippen LogP contribution in [-0.2, 0) is 11.2 Å². The number of anilines is 3. The maximum absolute atomic E-state index is 12.0. The molecule has 0 aliphatic carbocycles. The fourth-order valence-electron chi connectivity index (χ4n) is 2.74. The van der Waals surface area contributed by atoms with Gasteiger partial charge in [0, 0.05) is 31.3 Å². The van der Waals surface area contributed by atoms with Gasteiger partial charge < -0.3 is 20.5 Å². The average Bonchev–Trinajstić information content (AvgIpc) is 3.04. The Kier molecular flexibility index (Phi) is 6.72. The van der Waals surface area contributed by atoms with Gasteiger partial charge in [-0.3, -0.25) is 4.79 Å². The number of carbonyl (C=O) groups is 1. The normalized spacial score (nSPS) is 10.6. The fourth-order valence-corrected chi connectivity index (χ4v) is 2.74. The van der Waals surface area contributed by atoms with Gasteiger partial charge in [-0.25, -0.2) is 4.98 Å². The van der Waals surface area contributed by atoms with Crippen LogP contribution in [0, 0.1) is 20.8 Å². The second-order valence-corrected chi connectivity index (χ2v) is 6.73. The number of pyridine rings is 1. The zero-order chi connectivity index (χ0) is 20.6. The average molecular weight is 395 g/mol. The number of nitrogens with one attached hydrogen (secondary N) is 3. The molecule has 29 heavy (non-hydrogen) atoms. The lowest BCUT2D eigenvalue weighted by atomic mass is 10.1. The summed E-state index contributed by atoms with van der Waals surface area (Å²) in [7, 11) is 0. The first kappa shape index (κ1) is 20.2. The van der Waals surface area contributed by atoms with Gasteiger partial charge in [-0.05, 0) is 51.0 Å². The summed E-state index contributed by atoms with van der Waals surface area (Å²) >= 11 is 0. The summed E-state index contributed by atoms with van der Waals surface area (Å²) in [5.74, 6) is 2.72. The molecule has 0 fully saturated rings. The van der Waals surface area contributed by atoms with Crippen LogP contribution in [0.2, 0.25) is 0 Å². The Hall–Kier alpha value is -3.49. The Labute approximate surface area is 169 Å². The second kappa shape index (κ2) is 9.63. The molecular weight excluding hydrogens is 370 g/mol. The zero-order valence-corrected chi connectivity index (χ0v) is 16.8. The lowest BCUT2D eigenvalue weighted by molar-refractivity contribution is -0.120. The molecule has 0 radical (unpaired) electrons. The van der Waals surface area contributed by atoms with Crippen LogP contribution in [0.5, 0.6) is 0 Å². The molecule has 3 aromatic rings. The molecule has 1 amide bonds. The van der Waals surface area contributed by atoms with Gasteiger partial charge in [-0.2, -0.15) is 0 Å². The Bertz CT molecular complexity index is 917. The lowest BCUT2D eigenvalue weighted by Crippen LogP contribution is -2.29. The lowest BCUT2D eigenvalue weighted by Gasteiger charge is -2.08. The van der Waals surface area contributed by atoms with Crippen molar-refractivity contribution in [1.29, 1.82) is 0 Å². The van der Waals surface area contributed by atoms with Crippen molar-refractivity contribution >= 4 is 23.4 Å². The number of hydrogen-bond donors (Lipinski definition) is 3. The first-order valence-electron chi connectivity index (χ1n) is 9.47. The van der Waals surface area contributed by atoms with E-state index in [1.54, 1.807) is 6.20 Å². The number of carbonyl (C=O) groups excluding carboxylic acids is 1. The number of rotatable bonds is 9. The minimum Gasteiger partial charge on any atom is -0.367 e. The molecule has 0 bridgehead atoms. The minimum atomic E-state index is -0.0111. The second-order valence-electron chi connectivity index (χ2n) is 6.73. The van der Waals surface area contributed by atoms with Crippen LogP contribution in [-0.4, -0.2) is 39.3 Å². The molecule has 9 nitrogen and oxygen atoms in total. The Morgan fingerprint density at radius 1 is 1.00 bits per heavy atom. The van der Waals surface area contributed by atoms with Crippen LogP contribution >= 0.6 is 0 Å². The SMILES string of the molecule is Cc1ccc(Nc2ccc(NCCNC(=O)CCc3c(C)noc3C)nn2)nc1. The number of aryl methyl sites for hydroxylation is 3. The monoisotopic (exact) mass is 395 g/mol. The van der Waals surface area contributed by atoms with Crippen molar-refractivity contribution in [2.75, 3.05) is 23.7 Å². The van der Waals surface area contributed by atoms with Crippen LogP contribution in [0.15, 0.2) is 35.0 Å².